The summed E-state index contributed by atoms with van der Waals surface area (Å²) in [5, 5.41) is 3.59. The second-order valence-corrected chi connectivity index (χ2v) is 6.25. The van der Waals surface area contributed by atoms with Gasteiger partial charge in [-0.1, -0.05) is 25.1 Å². The Morgan fingerprint density at radius 2 is 2.10 bits per heavy atom. The first kappa shape index (κ1) is 16.3. The maximum absolute atomic E-state index is 5.47. The SMILES string of the molecule is CCNC1CCC(N(C)C(C)Cc2ccccc2OC)C1. The molecule has 1 aliphatic carbocycles. The van der Waals surface area contributed by atoms with Gasteiger partial charge in [-0.25, -0.2) is 0 Å². The zero-order chi connectivity index (χ0) is 15.2. The van der Waals surface area contributed by atoms with E-state index in [0.29, 0.717) is 18.1 Å². The van der Waals surface area contributed by atoms with E-state index < -0.39 is 0 Å². The Labute approximate surface area is 129 Å². The van der Waals surface area contributed by atoms with Crippen molar-refractivity contribution in [3.63, 3.8) is 0 Å². The van der Waals surface area contributed by atoms with Crippen molar-refractivity contribution in [2.24, 2.45) is 0 Å². The van der Waals surface area contributed by atoms with Gasteiger partial charge >= 0.3 is 0 Å². The molecule has 1 saturated carbocycles. The van der Waals surface area contributed by atoms with Crippen molar-refractivity contribution in [2.75, 3.05) is 20.7 Å². The van der Waals surface area contributed by atoms with E-state index in [0.717, 1.165) is 18.7 Å². The monoisotopic (exact) mass is 290 g/mol. The Morgan fingerprint density at radius 1 is 1.33 bits per heavy atom. The smallest absolute Gasteiger partial charge is 0.122 e. The second-order valence-electron chi connectivity index (χ2n) is 6.25. The average Bonchev–Trinajstić information content (AvgIpc) is 2.96. The van der Waals surface area contributed by atoms with Crippen molar-refractivity contribution >= 4 is 0 Å². The first-order valence-corrected chi connectivity index (χ1v) is 8.22. The number of benzene rings is 1. The van der Waals surface area contributed by atoms with Crippen molar-refractivity contribution in [2.45, 2.75) is 57.7 Å². The van der Waals surface area contributed by atoms with Crippen LogP contribution in [-0.4, -0.2) is 43.7 Å². The minimum Gasteiger partial charge on any atom is -0.496 e. The Balaban J connectivity index is 1.92. The van der Waals surface area contributed by atoms with E-state index in [1.807, 2.05) is 6.07 Å². The standard InChI is InChI=1S/C18H30N2O/c1-5-19-16-10-11-17(13-16)20(3)14(2)12-15-8-6-7-9-18(15)21-4/h6-9,14,16-17,19H,5,10-13H2,1-4H3. The molecule has 3 atom stereocenters. The highest BCUT2D eigenvalue weighted by molar-refractivity contribution is 5.33. The van der Waals surface area contributed by atoms with Gasteiger partial charge in [0.2, 0.25) is 0 Å². The van der Waals surface area contributed by atoms with Crippen molar-refractivity contribution in [1.29, 1.82) is 0 Å². The summed E-state index contributed by atoms with van der Waals surface area (Å²) in [4.78, 5) is 2.56. The summed E-state index contributed by atoms with van der Waals surface area (Å²) in [6.45, 7) is 5.60. The normalized spacial score (nSPS) is 23.5. The molecule has 0 heterocycles. The minimum atomic E-state index is 0.534. The molecule has 0 saturated heterocycles. The van der Waals surface area contributed by atoms with Crippen molar-refractivity contribution in [3.8, 4) is 5.75 Å². The number of nitrogens with one attached hydrogen (secondary N) is 1. The maximum Gasteiger partial charge on any atom is 0.122 e. The molecule has 3 heteroatoms. The molecule has 2 rings (SSSR count). The first-order valence-electron chi connectivity index (χ1n) is 8.22. The van der Waals surface area contributed by atoms with Crippen LogP contribution in [0.25, 0.3) is 0 Å². The Morgan fingerprint density at radius 3 is 2.81 bits per heavy atom. The van der Waals surface area contributed by atoms with Crippen LogP contribution in [0.15, 0.2) is 24.3 Å². The topological polar surface area (TPSA) is 24.5 Å². The molecule has 3 unspecified atom stereocenters. The number of hydrogen-bond donors (Lipinski definition) is 1. The maximum atomic E-state index is 5.47. The van der Waals surface area contributed by atoms with Gasteiger partial charge in [-0.05, 0) is 57.8 Å². The van der Waals surface area contributed by atoms with Gasteiger partial charge in [-0.2, -0.15) is 0 Å². The van der Waals surface area contributed by atoms with Gasteiger partial charge in [0.1, 0.15) is 5.75 Å². The second kappa shape index (κ2) is 7.81. The van der Waals surface area contributed by atoms with Gasteiger partial charge in [0.15, 0.2) is 0 Å². The molecule has 0 bridgehead atoms. The highest BCUT2D eigenvalue weighted by atomic mass is 16.5. The molecular weight excluding hydrogens is 260 g/mol. The van der Waals surface area contributed by atoms with Gasteiger partial charge in [0, 0.05) is 18.1 Å². The molecule has 0 aliphatic heterocycles. The molecule has 0 spiro atoms. The lowest BCUT2D eigenvalue weighted by Gasteiger charge is -2.31. The Kier molecular flexibility index (Phi) is 6.07. The van der Waals surface area contributed by atoms with Crippen LogP contribution in [0.1, 0.15) is 38.7 Å². The van der Waals surface area contributed by atoms with E-state index in [9.17, 15) is 0 Å². The zero-order valence-electron chi connectivity index (χ0n) is 13.9. The predicted octanol–water partition coefficient (Wildman–Crippen LogP) is 3.09. The van der Waals surface area contributed by atoms with Gasteiger partial charge in [0.25, 0.3) is 0 Å². The van der Waals surface area contributed by atoms with E-state index in [-0.39, 0.29) is 0 Å². The van der Waals surface area contributed by atoms with E-state index in [1.54, 1.807) is 7.11 Å². The van der Waals surface area contributed by atoms with Crippen molar-refractivity contribution < 1.29 is 4.74 Å². The van der Waals surface area contributed by atoms with Crippen LogP contribution in [0.3, 0.4) is 0 Å². The Hall–Kier alpha value is -1.06. The molecule has 3 nitrogen and oxygen atoms in total. The van der Waals surface area contributed by atoms with Crippen LogP contribution < -0.4 is 10.1 Å². The van der Waals surface area contributed by atoms with E-state index in [2.05, 4.69) is 49.3 Å². The number of nitrogens with zero attached hydrogens (tertiary/aromatic N) is 1. The summed E-state index contributed by atoms with van der Waals surface area (Å²) in [5.74, 6) is 1.01. The van der Waals surface area contributed by atoms with Gasteiger partial charge in [-0.15, -0.1) is 0 Å². The number of rotatable bonds is 7. The predicted molar refractivity (Wildman–Crippen MR) is 89.0 cm³/mol. The summed E-state index contributed by atoms with van der Waals surface area (Å²) >= 11 is 0. The third kappa shape index (κ3) is 4.21. The molecule has 1 aliphatic rings. The number of likely N-dealkylation sites (N-methyl/N-ethyl adjacent to an activating group) is 1. The highest BCUT2D eigenvalue weighted by Gasteiger charge is 2.29. The van der Waals surface area contributed by atoms with E-state index in [4.69, 9.17) is 4.74 Å². The fourth-order valence-electron chi connectivity index (χ4n) is 3.50. The van der Waals surface area contributed by atoms with Crippen molar-refractivity contribution in [1.82, 2.24) is 10.2 Å². The summed E-state index contributed by atoms with van der Waals surface area (Å²) in [6.07, 6.45) is 4.94. The quantitative estimate of drug-likeness (QED) is 0.835. The van der Waals surface area contributed by atoms with Crippen LogP contribution in [0.4, 0.5) is 0 Å². The number of hydrogen-bond acceptors (Lipinski definition) is 3. The van der Waals surface area contributed by atoms with Gasteiger partial charge in [0.05, 0.1) is 7.11 Å². The number of methoxy groups -OCH3 is 1. The van der Waals surface area contributed by atoms with Crippen LogP contribution in [0.5, 0.6) is 5.75 Å². The highest BCUT2D eigenvalue weighted by Crippen LogP contribution is 2.27. The molecule has 0 radical (unpaired) electrons. The molecule has 21 heavy (non-hydrogen) atoms. The van der Waals surface area contributed by atoms with Crippen LogP contribution in [0, 0.1) is 0 Å². The fourth-order valence-corrected chi connectivity index (χ4v) is 3.50. The molecule has 0 amide bonds. The van der Waals surface area contributed by atoms with Gasteiger partial charge in [-0.3, -0.25) is 0 Å². The third-order valence-electron chi connectivity index (χ3n) is 4.88. The average molecular weight is 290 g/mol. The first-order chi connectivity index (χ1) is 10.2. The van der Waals surface area contributed by atoms with Crippen LogP contribution in [0.2, 0.25) is 0 Å². The van der Waals surface area contributed by atoms with Crippen LogP contribution >= 0.6 is 0 Å². The summed E-state index contributed by atoms with van der Waals surface area (Å²) < 4.78 is 5.47. The summed E-state index contributed by atoms with van der Waals surface area (Å²) in [6, 6.07) is 10.3. The molecule has 1 N–H and O–H groups in total. The number of para-hydroxylation sites is 1. The third-order valence-corrected chi connectivity index (χ3v) is 4.88. The molecule has 0 aromatic heterocycles. The zero-order valence-corrected chi connectivity index (χ0v) is 13.9. The molecule has 1 aromatic rings. The molecule has 1 aromatic carbocycles. The van der Waals surface area contributed by atoms with Crippen LogP contribution in [-0.2, 0) is 6.42 Å². The van der Waals surface area contributed by atoms with Gasteiger partial charge < -0.3 is 15.0 Å². The summed E-state index contributed by atoms with van der Waals surface area (Å²) in [7, 11) is 4.03. The minimum absolute atomic E-state index is 0.534. The van der Waals surface area contributed by atoms with E-state index in [1.165, 1.54) is 24.8 Å². The largest absolute Gasteiger partial charge is 0.496 e. The Bertz CT molecular complexity index is 435. The fraction of sp³-hybridized carbons (Fsp3) is 0.667. The van der Waals surface area contributed by atoms with E-state index >= 15 is 0 Å². The lowest BCUT2D eigenvalue weighted by molar-refractivity contribution is 0.182. The molecular formula is C18H30N2O. The lowest BCUT2D eigenvalue weighted by atomic mass is 10.0. The summed E-state index contributed by atoms with van der Waals surface area (Å²) in [5.41, 5.74) is 1.31. The molecule has 118 valence electrons. The molecule has 1 fully saturated rings. The van der Waals surface area contributed by atoms with Crippen molar-refractivity contribution in [3.05, 3.63) is 29.8 Å². The number of ether oxygens (including phenoxy) is 1. The lowest BCUT2D eigenvalue weighted by Crippen LogP contribution is -2.39.